The second-order valence-corrected chi connectivity index (χ2v) is 9.23. The highest BCUT2D eigenvalue weighted by Crippen LogP contribution is 2.34. The smallest absolute Gasteiger partial charge is 0.126 e. The van der Waals surface area contributed by atoms with E-state index in [-0.39, 0.29) is 0 Å². The highest BCUT2D eigenvalue weighted by Gasteiger charge is 2.17. The molecule has 2 aromatic carbocycles. The maximum atomic E-state index is 6.15. The van der Waals surface area contributed by atoms with Gasteiger partial charge in [-0.1, -0.05) is 42.0 Å². The molecule has 156 valence electrons. The molecule has 2 aliphatic rings. The van der Waals surface area contributed by atoms with Crippen molar-refractivity contribution in [1.29, 1.82) is 0 Å². The Morgan fingerprint density at radius 1 is 0.867 bits per heavy atom. The van der Waals surface area contributed by atoms with E-state index in [1.165, 1.54) is 33.8 Å². The van der Waals surface area contributed by atoms with Crippen LogP contribution >= 0.6 is 11.8 Å². The third-order valence-corrected chi connectivity index (χ3v) is 7.15. The van der Waals surface area contributed by atoms with Crippen molar-refractivity contribution in [3.63, 3.8) is 0 Å². The van der Waals surface area contributed by atoms with E-state index in [1.54, 1.807) is 7.11 Å². The van der Waals surface area contributed by atoms with Gasteiger partial charge in [-0.2, -0.15) is 0 Å². The van der Waals surface area contributed by atoms with Crippen LogP contribution in [0.1, 0.15) is 37.7 Å². The lowest BCUT2D eigenvalue weighted by atomic mass is 9.95. The van der Waals surface area contributed by atoms with Gasteiger partial charge in [-0.15, -0.1) is 11.8 Å². The minimum absolute atomic E-state index is 0.736. The molecule has 2 aliphatic carbocycles. The fourth-order valence-electron chi connectivity index (χ4n) is 3.84. The SMILES string of the molecule is COC1=CC=C(SCC2CC=C(Oc3ccc(-c4ccc(C)cc4)cc3)CC2)CC1. The lowest BCUT2D eigenvalue weighted by Gasteiger charge is -2.23. The summed E-state index contributed by atoms with van der Waals surface area (Å²) in [7, 11) is 1.75. The predicted molar refractivity (Wildman–Crippen MR) is 128 cm³/mol. The van der Waals surface area contributed by atoms with E-state index in [1.807, 2.05) is 11.8 Å². The Kier molecular flexibility index (Phi) is 7.01. The van der Waals surface area contributed by atoms with Crippen LogP contribution in [0.3, 0.4) is 0 Å². The summed E-state index contributed by atoms with van der Waals surface area (Å²) in [6, 6.07) is 17.1. The number of ether oxygens (including phenoxy) is 2. The van der Waals surface area contributed by atoms with Crippen LogP contribution in [0.15, 0.2) is 83.2 Å². The Morgan fingerprint density at radius 3 is 2.20 bits per heavy atom. The molecular formula is C27H30O2S. The molecular weight excluding hydrogens is 388 g/mol. The van der Waals surface area contributed by atoms with Gasteiger partial charge in [-0.05, 0) is 78.5 Å². The molecule has 0 radical (unpaired) electrons. The summed E-state index contributed by atoms with van der Waals surface area (Å²) in [5.41, 5.74) is 3.75. The Labute approximate surface area is 184 Å². The summed E-state index contributed by atoms with van der Waals surface area (Å²) < 4.78 is 11.5. The Balaban J connectivity index is 1.26. The maximum Gasteiger partial charge on any atom is 0.126 e. The summed E-state index contributed by atoms with van der Waals surface area (Å²) in [4.78, 5) is 1.48. The molecule has 2 aromatic rings. The van der Waals surface area contributed by atoms with Crippen molar-refractivity contribution in [3.05, 3.63) is 88.7 Å². The van der Waals surface area contributed by atoms with Crippen molar-refractivity contribution in [2.75, 3.05) is 12.9 Å². The lowest BCUT2D eigenvalue weighted by molar-refractivity contribution is 0.276. The van der Waals surface area contributed by atoms with E-state index in [4.69, 9.17) is 9.47 Å². The third kappa shape index (κ3) is 5.60. The van der Waals surface area contributed by atoms with Crippen molar-refractivity contribution in [3.8, 4) is 16.9 Å². The first-order valence-corrected chi connectivity index (χ1v) is 11.8. The predicted octanol–water partition coefficient (Wildman–Crippen LogP) is 7.67. The second kappa shape index (κ2) is 10.1. The highest BCUT2D eigenvalue weighted by atomic mass is 32.2. The molecule has 0 aromatic heterocycles. The normalized spacial score (nSPS) is 18.9. The van der Waals surface area contributed by atoms with Gasteiger partial charge in [0.05, 0.1) is 12.9 Å². The molecule has 1 atom stereocenters. The number of thioether (sulfide) groups is 1. The number of benzene rings is 2. The van der Waals surface area contributed by atoms with Gasteiger partial charge >= 0.3 is 0 Å². The Bertz CT molecular complexity index is 936. The number of rotatable bonds is 7. The first kappa shape index (κ1) is 20.9. The quantitative estimate of drug-likeness (QED) is 0.460. The molecule has 2 nitrogen and oxygen atoms in total. The zero-order valence-electron chi connectivity index (χ0n) is 17.9. The fraction of sp³-hybridized carbons (Fsp3) is 0.333. The van der Waals surface area contributed by atoms with Crippen molar-refractivity contribution < 1.29 is 9.47 Å². The first-order valence-electron chi connectivity index (χ1n) is 10.8. The summed E-state index contributed by atoms with van der Waals surface area (Å²) in [5, 5.41) is 0. The Hall–Kier alpha value is -2.39. The molecule has 4 rings (SSSR count). The summed E-state index contributed by atoms with van der Waals surface area (Å²) in [6.45, 7) is 2.11. The number of hydrogen-bond acceptors (Lipinski definition) is 3. The Morgan fingerprint density at radius 2 is 1.60 bits per heavy atom. The molecule has 0 spiro atoms. The third-order valence-electron chi connectivity index (χ3n) is 5.81. The number of aryl methyl sites for hydroxylation is 1. The number of hydrogen-bond donors (Lipinski definition) is 0. The van der Waals surface area contributed by atoms with Gasteiger partial charge in [-0.25, -0.2) is 0 Å². The van der Waals surface area contributed by atoms with Gasteiger partial charge in [0.15, 0.2) is 0 Å². The lowest BCUT2D eigenvalue weighted by Crippen LogP contribution is -2.11. The van der Waals surface area contributed by atoms with E-state index in [0.29, 0.717) is 0 Å². The molecule has 3 heteroatoms. The van der Waals surface area contributed by atoms with E-state index in [2.05, 4.69) is 73.7 Å². The van der Waals surface area contributed by atoms with Gasteiger partial charge in [-0.3, -0.25) is 0 Å². The monoisotopic (exact) mass is 418 g/mol. The standard InChI is InChI=1S/C27H30O2S/c1-20-3-7-22(8-4-20)23-9-13-26(14-10-23)29-25-11-5-21(6-12-25)19-30-27-17-15-24(28-2)16-18-27/h3-4,7-11,13-15,17,21H,5-6,12,16,18-19H2,1-2H3. The van der Waals surface area contributed by atoms with Crippen LogP contribution in [0.5, 0.6) is 5.75 Å². The topological polar surface area (TPSA) is 18.5 Å². The number of methoxy groups -OCH3 is 1. The molecule has 1 unspecified atom stereocenters. The van der Waals surface area contributed by atoms with E-state index in [0.717, 1.165) is 48.9 Å². The fourth-order valence-corrected chi connectivity index (χ4v) is 5.00. The van der Waals surface area contributed by atoms with Gasteiger partial charge in [0.25, 0.3) is 0 Å². The summed E-state index contributed by atoms with van der Waals surface area (Å²) >= 11 is 2.01. The minimum atomic E-state index is 0.736. The molecule has 0 fully saturated rings. The van der Waals surface area contributed by atoms with Crippen molar-refractivity contribution >= 4 is 11.8 Å². The van der Waals surface area contributed by atoms with Gasteiger partial charge in [0, 0.05) is 18.6 Å². The van der Waals surface area contributed by atoms with E-state index in [9.17, 15) is 0 Å². The van der Waals surface area contributed by atoms with Crippen LogP contribution in [0.4, 0.5) is 0 Å². The highest BCUT2D eigenvalue weighted by molar-refractivity contribution is 8.03. The van der Waals surface area contributed by atoms with Gasteiger partial charge < -0.3 is 9.47 Å². The zero-order valence-corrected chi connectivity index (χ0v) is 18.7. The summed E-state index contributed by atoms with van der Waals surface area (Å²) in [6.07, 6.45) is 12.1. The summed E-state index contributed by atoms with van der Waals surface area (Å²) in [5.74, 6) is 5.06. The van der Waals surface area contributed by atoms with E-state index >= 15 is 0 Å². The average molecular weight is 419 g/mol. The van der Waals surface area contributed by atoms with Crippen LogP contribution in [0.2, 0.25) is 0 Å². The zero-order chi connectivity index (χ0) is 20.8. The molecule has 0 saturated heterocycles. The second-order valence-electron chi connectivity index (χ2n) is 8.08. The molecule has 0 saturated carbocycles. The average Bonchev–Trinajstić information content (AvgIpc) is 2.80. The van der Waals surface area contributed by atoms with Crippen LogP contribution in [-0.2, 0) is 4.74 Å². The number of allylic oxidation sites excluding steroid dienone is 6. The van der Waals surface area contributed by atoms with E-state index < -0.39 is 0 Å². The van der Waals surface area contributed by atoms with Crippen molar-refractivity contribution in [1.82, 2.24) is 0 Å². The largest absolute Gasteiger partial charge is 0.501 e. The van der Waals surface area contributed by atoms with Gasteiger partial charge in [0.1, 0.15) is 11.5 Å². The molecule has 0 N–H and O–H groups in total. The van der Waals surface area contributed by atoms with Crippen molar-refractivity contribution in [2.24, 2.45) is 5.92 Å². The molecule has 0 amide bonds. The molecule has 0 aliphatic heterocycles. The molecule has 30 heavy (non-hydrogen) atoms. The van der Waals surface area contributed by atoms with Crippen LogP contribution in [-0.4, -0.2) is 12.9 Å². The molecule has 0 bridgehead atoms. The first-order chi connectivity index (χ1) is 14.7. The van der Waals surface area contributed by atoms with Gasteiger partial charge in [0.2, 0.25) is 0 Å². The molecule has 0 heterocycles. The van der Waals surface area contributed by atoms with Crippen LogP contribution < -0.4 is 4.74 Å². The van der Waals surface area contributed by atoms with Crippen LogP contribution in [0.25, 0.3) is 11.1 Å². The van der Waals surface area contributed by atoms with Crippen molar-refractivity contribution in [2.45, 2.75) is 39.0 Å². The maximum absolute atomic E-state index is 6.15. The minimum Gasteiger partial charge on any atom is -0.501 e. The van der Waals surface area contributed by atoms with Crippen LogP contribution in [0, 0.1) is 12.8 Å².